The van der Waals surface area contributed by atoms with Gasteiger partial charge in [0.1, 0.15) is 6.10 Å². The Balaban J connectivity index is 4.05. The zero-order chi connectivity index (χ0) is 29.4. The van der Waals surface area contributed by atoms with Gasteiger partial charge in [0.05, 0.1) is 0 Å². The highest BCUT2D eigenvalue weighted by atomic mass is 16.5. The van der Waals surface area contributed by atoms with Gasteiger partial charge >= 0.3 is 11.9 Å². The van der Waals surface area contributed by atoms with Crippen LogP contribution in [0.25, 0.3) is 0 Å². The normalized spacial score (nSPS) is 13.4. The van der Waals surface area contributed by atoms with Crippen molar-refractivity contribution in [2.45, 2.75) is 129 Å². The molecule has 1 unspecified atom stereocenters. The summed E-state index contributed by atoms with van der Waals surface area (Å²) in [5.41, 5.74) is 0. The maximum absolute atomic E-state index is 12.3. The minimum Gasteiger partial charge on any atom is -0.481 e. The molecule has 0 aliphatic rings. The number of ether oxygens (including phenoxy) is 1. The van der Waals surface area contributed by atoms with E-state index < -0.39 is 5.97 Å². The van der Waals surface area contributed by atoms with Crippen LogP contribution in [0.1, 0.15) is 123 Å². The second kappa shape index (κ2) is 30.7. The van der Waals surface area contributed by atoms with Gasteiger partial charge in [-0.1, -0.05) is 119 Å². The Morgan fingerprint density at radius 1 is 0.600 bits per heavy atom. The van der Waals surface area contributed by atoms with Crippen molar-refractivity contribution < 1.29 is 19.4 Å². The van der Waals surface area contributed by atoms with Gasteiger partial charge in [0.2, 0.25) is 0 Å². The van der Waals surface area contributed by atoms with E-state index in [0.29, 0.717) is 19.3 Å². The number of esters is 1. The maximum Gasteiger partial charge on any atom is 0.306 e. The van der Waals surface area contributed by atoms with Gasteiger partial charge in [-0.3, -0.25) is 9.59 Å². The molecule has 0 fully saturated rings. The second-order valence-electron chi connectivity index (χ2n) is 9.90. The van der Waals surface area contributed by atoms with E-state index in [9.17, 15) is 9.59 Å². The van der Waals surface area contributed by atoms with Crippen molar-refractivity contribution in [1.29, 1.82) is 0 Å². The lowest BCUT2D eigenvalue weighted by molar-refractivity contribution is -0.147. The first kappa shape index (κ1) is 37.1. The smallest absolute Gasteiger partial charge is 0.306 e. The van der Waals surface area contributed by atoms with Crippen molar-refractivity contribution in [3.63, 3.8) is 0 Å². The van der Waals surface area contributed by atoms with Crippen molar-refractivity contribution in [3.05, 3.63) is 85.1 Å². The van der Waals surface area contributed by atoms with Crippen LogP contribution in [-0.2, 0) is 14.3 Å². The molecular formula is C36H56O4. The maximum atomic E-state index is 12.3. The molecule has 0 radical (unpaired) electrons. The van der Waals surface area contributed by atoms with E-state index in [-0.39, 0.29) is 18.5 Å². The zero-order valence-electron chi connectivity index (χ0n) is 25.4. The van der Waals surface area contributed by atoms with Gasteiger partial charge in [0.25, 0.3) is 0 Å². The number of rotatable bonds is 26. The van der Waals surface area contributed by atoms with Crippen LogP contribution >= 0.6 is 0 Å². The van der Waals surface area contributed by atoms with E-state index in [2.05, 4.69) is 92.8 Å². The molecule has 4 nitrogen and oxygen atoms in total. The molecule has 0 spiro atoms. The summed E-state index contributed by atoms with van der Waals surface area (Å²) in [6, 6.07) is 0. The molecule has 0 amide bonds. The summed E-state index contributed by atoms with van der Waals surface area (Å²) in [6.45, 7) is 4.31. The lowest BCUT2D eigenvalue weighted by atomic mass is 10.1. The Morgan fingerprint density at radius 3 is 1.65 bits per heavy atom. The Bertz CT molecular complexity index is 811. The molecule has 1 atom stereocenters. The van der Waals surface area contributed by atoms with Gasteiger partial charge in [-0.25, -0.2) is 0 Å². The predicted octanol–water partition coefficient (Wildman–Crippen LogP) is 10.5. The minimum atomic E-state index is -0.738. The van der Waals surface area contributed by atoms with Crippen LogP contribution in [-0.4, -0.2) is 23.1 Å². The molecule has 0 aromatic carbocycles. The number of carbonyl (C=O) groups excluding carboxylic acids is 1. The standard InChI is InChI=1S/C36H56O4/c1-3-5-7-9-10-11-12-13-14-15-16-17-18-19-20-21-22-23-29-33-36(39)40-34(30-26-8-6-4-2)31-27-24-25-28-32-35(37)38/h5,7,10-11,13-14,16-17,19-20,22-23,26,30,34H,3-4,6,8-9,12,15,18,21,24-25,27-29,31-33H2,1-2H3,(H,37,38)/b7-5-,11-10-,14-13-,17-16-,20-19-,23-22-,30-26-. The first-order chi connectivity index (χ1) is 19.6. The molecule has 0 aromatic rings. The average Bonchev–Trinajstić information content (AvgIpc) is 2.93. The van der Waals surface area contributed by atoms with Crippen LogP contribution < -0.4 is 0 Å². The van der Waals surface area contributed by atoms with Crippen LogP contribution in [0.3, 0.4) is 0 Å². The fourth-order valence-electron chi connectivity index (χ4n) is 3.81. The van der Waals surface area contributed by atoms with Crippen molar-refractivity contribution in [2.75, 3.05) is 0 Å². The third kappa shape index (κ3) is 29.7. The Hall–Kier alpha value is -2.88. The van der Waals surface area contributed by atoms with E-state index in [1.54, 1.807) is 0 Å². The molecule has 0 saturated heterocycles. The number of carboxylic acids is 1. The summed E-state index contributed by atoms with van der Waals surface area (Å²) in [5.74, 6) is -0.895. The number of unbranched alkanes of at least 4 members (excludes halogenated alkanes) is 5. The first-order valence-corrected chi connectivity index (χ1v) is 15.6. The molecule has 4 heteroatoms. The number of carbonyl (C=O) groups is 2. The summed E-state index contributed by atoms with van der Waals surface area (Å²) in [6.07, 6.45) is 44.8. The topological polar surface area (TPSA) is 63.6 Å². The van der Waals surface area contributed by atoms with E-state index in [1.807, 2.05) is 6.08 Å². The molecule has 224 valence electrons. The molecule has 0 bridgehead atoms. The number of carboxylic acid groups (broad SMARTS) is 1. The van der Waals surface area contributed by atoms with Crippen LogP contribution in [0.4, 0.5) is 0 Å². The van der Waals surface area contributed by atoms with Gasteiger partial charge in [0.15, 0.2) is 0 Å². The summed E-state index contributed by atoms with van der Waals surface area (Å²) in [4.78, 5) is 23.0. The number of allylic oxidation sites excluding steroid dienone is 13. The van der Waals surface area contributed by atoms with Crippen molar-refractivity contribution in [2.24, 2.45) is 0 Å². The molecule has 0 heterocycles. The third-order valence-electron chi connectivity index (χ3n) is 6.10. The van der Waals surface area contributed by atoms with E-state index >= 15 is 0 Å². The van der Waals surface area contributed by atoms with E-state index in [0.717, 1.165) is 83.5 Å². The molecular weight excluding hydrogens is 496 g/mol. The van der Waals surface area contributed by atoms with Crippen LogP contribution in [0.5, 0.6) is 0 Å². The molecule has 0 aliphatic heterocycles. The van der Waals surface area contributed by atoms with Gasteiger partial charge in [-0.05, 0) is 76.7 Å². The summed E-state index contributed by atoms with van der Waals surface area (Å²) >= 11 is 0. The first-order valence-electron chi connectivity index (χ1n) is 15.6. The molecule has 0 aliphatic carbocycles. The van der Waals surface area contributed by atoms with Crippen molar-refractivity contribution in [1.82, 2.24) is 0 Å². The number of hydrogen-bond donors (Lipinski definition) is 1. The van der Waals surface area contributed by atoms with Gasteiger partial charge in [-0.15, -0.1) is 0 Å². The van der Waals surface area contributed by atoms with E-state index in [1.165, 1.54) is 0 Å². The molecule has 0 rings (SSSR count). The lowest BCUT2D eigenvalue weighted by Gasteiger charge is -2.14. The lowest BCUT2D eigenvalue weighted by Crippen LogP contribution is -2.16. The number of aliphatic carboxylic acids is 1. The Kier molecular flexibility index (Phi) is 28.5. The highest BCUT2D eigenvalue weighted by molar-refractivity contribution is 5.69. The summed E-state index contributed by atoms with van der Waals surface area (Å²) in [7, 11) is 0. The van der Waals surface area contributed by atoms with Gasteiger partial charge in [-0.2, -0.15) is 0 Å². The second-order valence-corrected chi connectivity index (χ2v) is 9.90. The quantitative estimate of drug-likeness (QED) is 0.0658. The monoisotopic (exact) mass is 552 g/mol. The fraction of sp³-hybridized carbons (Fsp3) is 0.556. The van der Waals surface area contributed by atoms with Crippen LogP contribution in [0.15, 0.2) is 85.1 Å². The summed E-state index contributed by atoms with van der Waals surface area (Å²) in [5, 5.41) is 8.74. The molecule has 0 aromatic heterocycles. The van der Waals surface area contributed by atoms with Gasteiger partial charge in [0, 0.05) is 12.8 Å². The third-order valence-corrected chi connectivity index (χ3v) is 6.10. The van der Waals surface area contributed by atoms with Crippen molar-refractivity contribution >= 4 is 11.9 Å². The average molecular weight is 553 g/mol. The SMILES string of the molecule is CC/C=C\C/C=C\C/C=C\C/C=C\C/C=C\C/C=C\CCC(=O)OC(/C=C\CCCC)CCCCCCC(=O)O. The van der Waals surface area contributed by atoms with Crippen LogP contribution in [0, 0.1) is 0 Å². The molecule has 1 N–H and O–H groups in total. The molecule has 40 heavy (non-hydrogen) atoms. The highest BCUT2D eigenvalue weighted by Crippen LogP contribution is 2.13. The number of hydrogen-bond acceptors (Lipinski definition) is 3. The van der Waals surface area contributed by atoms with Crippen LogP contribution in [0.2, 0.25) is 0 Å². The molecule has 0 saturated carbocycles. The zero-order valence-corrected chi connectivity index (χ0v) is 25.4. The predicted molar refractivity (Wildman–Crippen MR) is 171 cm³/mol. The fourth-order valence-corrected chi connectivity index (χ4v) is 3.81. The Morgan fingerprint density at radius 2 is 1.12 bits per heavy atom. The Labute approximate surface area is 245 Å². The largest absolute Gasteiger partial charge is 0.481 e. The highest BCUT2D eigenvalue weighted by Gasteiger charge is 2.11. The van der Waals surface area contributed by atoms with Crippen molar-refractivity contribution in [3.8, 4) is 0 Å². The summed E-state index contributed by atoms with van der Waals surface area (Å²) < 4.78 is 5.73. The van der Waals surface area contributed by atoms with Gasteiger partial charge < -0.3 is 9.84 Å². The minimum absolute atomic E-state index is 0.157. The van der Waals surface area contributed by atoms with E-state index in [4.69, 9.17) is 9.84 Å².